The first kappa shape index (κ1) is 14.5. The van der Waals surface area contributed by atoms with Gasteiger partial charge in [0.1, 0.15) is 11.9 Å². The first-order valence-corrected chi connectivity index (χ1v) is 9.36. The van der Waals surface area contributed by atoms with Gasteiger partial charge in [-0.15, -0.1) is 0 Å². The summed E-state index contributed by atoms with van der Waals surface area (Å²) in [6.07, 6.45) is 1.28. The van der Waals surface area contributed by atoms with Gasteiger partial charge in [-0.3, -0.25) is 0 Å². The van der Waals surface area contributed by atoms with Gasteiger partial charge < -0.3 is 4.74 Å². The zero-order valence-electron chi connectivity index (χ0n) is 13.1. The van der Waals surface area contributed by atoms with Gasteiger partial charge in [-0.2, -0.15) is 0 Å². The third-order valence-electron chi connectivity index (χ3n) is 4.17. The van der Waals surface area contributed by atoms with Crippen LogP contribution in [0.2, 0.25) is 0 Å². The van der Waals surface area contributed by atoms with Crippen LogP contribution in [-0.4, -0.2) is 6.10 Å². The number of hydrogen-bond acceptors (Lipinski definition) is 1. The van der Waals surface area contributed by atoms with Gasteiger partial charge in [0.05, 0.1) is 0 Å². The van der Waals surface area contributed by atoms with Gasteiger partial charge in [-0.1, -0.05) is 78.9 Å². The largest absolute Gasteiger partial charge is 0.489 e. The molecule has 1 atom stereocenters. The molecule has 0 fully saturated rings. The second-order valence-corrected chi connectivity index (χ2v) is 8.09. The van der Waals surface area contributed by atoms with Gasteiger partial charge in [0.2, 0.25) is 0 Å². The van der Waals surface area contributed by atoms with E-state index in [0.717, 1.165) is 12.2 Å². The smallest absolute Gasteiger partial charge is 0.131 e. The Morgan fingerprint density at radius 2 is 1.39 bits per heavy atom. The second kappa shape index (κ2) is 6.18. The summed E-state index contributed by atoms with van der Waals surface area (Å²) in [5.41, 5.74) is 1.34. The molecule has 0 bridgehead atoms. The summed E-state index contributed by atoms with van der Waals surface area (Å²) in [6, 6.07) is 28.2. The maximum absolute atomic E-state index is 6.18. The van der Waals surface area contributed by atoms with E-state index in [1.165, 1.54) is 21.5 Å². The van der Waals surface area contributed by atoms with Crippen molar-refractivity contribution in [3.05, 3.63) is 84.4 Å². The Morgan fingerprint density at radius 3 is 2.00 bits per heavy atom. The summed E-state index contributed by atoms with van der Waals surface area (Å²) in [5, 5.41) is 4.06. The Morgan fingerprint density at radius 1 is 0.783 bits per heavy atom. The van der Waals surface area contributed by atoms with Crippen LogP contribution in [0.4, 0.5) is 0 Å². The van der Waals surface area contributed by atoms with E-state index in [1.54, 1.807) is 0 Å². The molecule has 0 aliphatic carbocycles. The molecule has 0 N–H and O–H groups in total. The van der Waals surface area contributed by atoms with Crippen LogP contribution in [-0.2, 0) is 6.42 Å². The van der Waals surface area contributed by atoms with Crippen molar-refractivity contribution in [3.8, 4) is 5.75 Å². The summed E-state index contributed by atoms with van der Waals surface area (Å²) in [5.74, 6) is 1.11. The van der Waals surface area contributed by atoms with E-state index in [9.17, 15) is 0 Å². The third-order valence-corrected chi connectivity index (χ3v) is 6.63. The minimum atomic E-state index is -0.593. The lowest BCUT2D eigenvalue weighted by Gasteiger charge is -2.21. The Hall–Kier alpha value is -2.11. The Bertz CT molecular complexity index is 759. The molecule has 4 rings (SSSR count). The summed E-state index contributed by atoms with van der Waals surface area (Å²) >= 11 is 0. The quantitative estimate of drug-likeness (QED) is 0.668. The predicted octanol–water partition coefficient (Wildman–Crippen LogP) is 3.77. The van der Waals surface area contributed by atoms with E-state index in [4.69, 9.17) is 4.74 Å². The molecule has 3 aromatic carbocycles. The minimum Gasteiger partial charge on any atom is -0.489 e. The van der Waals surface area contributed by atoms with Crippen molar-refractivity contribution in [1.82, 2.24) is 0 Å². The van der Waals surface area contributed by atoms with Gasteiger partial charge in [0, 0.05) is 11.7 Å². The topological polar surface area (TPSA) is 9.23 Å². The molecule has 1 aliphatic heterocycles. The number of benzene rings is 3. The third kappa shape index (κ3) is 2.78. The molecule has 0 radical (unpaired) electrons. The van der Waals surface area contributed by atoms with E-state index < -0.39 is 7.92 Å². The molecule has 0 aromatic heterocycles. The summed E-state index contributed by atoms with van der Waals surface area (Å²) < 4.78 is 6.18. The summed E-state index contributed by atoms with van der Waals surface area (Å²) in [7, 11) is -0.593. The van der Waals surface area contributed by atoms with E-state index in [-0.39, 0.29) is 6.10 Å². The average molecular weight is 318 g/mol. The fraction of sp³-hybridized carbons (Fsp3) is 0.143. The van der Waals surface area contributed by atoms with Gasteiger partial charge in [-0.05, 0) is 31.0 Å². The molecule has 2 heteroatoms. The fourth-order valence-electron chi connectivity index (χ4n) is 3.18. The summed E-state index contributed by atoms with van der Waals surface area (Å²) in [6.45, 7) is 2.15. The molecule has 3 aromatic rings. The van der Waals surface area contributed by atoms with Crippen LogP contribution in [0.25, 0.3) is 0 Å². The standard InChI is InChI=1S/C21H19OP/c1-16-15-17-9-8-14-20(21(17)22-16)23(18-10-4-2-5-11-18)19-12-6-3-7-13-19/h2-14,16H,15H2,1H3. The molecule has 1 nitrogen and oxygen atoms in total. The normalized spacial score (nSPS) is 16.2. The predicted molar refractivity (Wildman–Crippen MR) is 98.9 cm³/mol. The van der Waals surface area contributed by atoms with E-state index >= 15 is 0 Å². The Balaban J connectivity index is 1.90. The average Bonchev–Trinajstić information content (AvgIpc) is 2.98. The SMILES string of the molecule is CC1Cc2cccc(P(c3ccccc3)c3ccccc3)c2O1. The molecule has 0 saturated carbocycles. The van der Waals surface area contributed by atoms with Crippen LogP contribution in [0.15, 0.2) is 78.9 Å². The number of ether oxygens (including phenoxy) is 1. The highest BCUT2D eigenvalue weighted by molar-refractivity contribution is 7.80. The molecule has 114 valence electrons. The maximum Gasteiger partial charge on any atom is 0.131 e. The highest BCUT2D eigenvalue weighted by Crippen LogP contribution is 2.40. The molecule has 1 unspecified atom stereocenters. The lowest BCUT2D eigenvalue weighted by atomic mass is 10.1. The summed E-state index contributed by atoms with van der Waals surface area (Å²) in [4.78, 5) is 0. The van der Waals surface area contributed by atoms with Crippen LogP contribution in [0.3, 0.4) is 0 Å². The highest BCUT2D eigenvalue weighted by atomic mass is 31.1. The van der Waals surface area contributed by atoms with Crippen molar-refractivity contribution >= 4 is 23.8 Å². The zero-order chi connectivity index (χ0) is 15.6. The van der Waals surface area contributed by atoms with Crippen LogP contribution in [0.1, 0.15) is 12.5 Å². The highest BCUT2D eigenvalue weighted by Gasteiger charge is 2.27. The lowest BCUT2D eigenvalue weighted by molar-refractivity contribution is 0.256. The molecule has 23 heavy (non-hydrogen) atoms. The van der Waals surface area contributed by atoms with Gasteiger partial charge in [0.25, 0.3) is 0 Å². The fourth-order valence-corrected chi connectivity index (χ4v) is 5.61. The van der Waals surface area contributed by atoms with Crippen LogP contribution >= 0.6 is 7.92 Å². The van der Waals surface area contributed by atoms with E-state index in [1.807, 2.05) is 0 Å². The van der Waals surface area contributed by atoms with Crippen molar-refractivity contribution in [3.63, 3.8) is 0 Å². The molecule has 0 amide bonds. The minimum absolute atomic E-state index is 0.273. The number of para-hydroxylation sites is 1. The Labute approximate surface area is 138 Å². The van der Waals surface area contributed by atoms with Crippen LogP contribution in [0, 0.1) is 0 Å². The molecule has 0 saturated heterocycles. The maximum atomic E-state index is 6.18. The first-order valence-electron chi connectivity index (χ1n) is 8.02. The number of rotatable bonds is 3. The van der Waals surface area contributed by atoms with Crippen LogP contribution in [0.5, 0.6) is 5.75 Å². The van der Waals surface area contributed by atoms with Crippen molar-refractivity contribution in [2.24, 2.45) is 0 Å². The first-order chi connectivity index (χ1) is 11.3. The van der Waals surface area contributed by atoms with Gasteiger partial charge >= 0.3 is 0 Å². The van der Waals surface area contributed by atoms with E-state index in [0.29, 0.717) is 0 Å². The number of fused-ring (bicyclic) bond motifs is 1. The molecule has 0 spiro atoms. The molecule has 1 aliphatic rings. The van der Waals surface area contributed by atoms with Crippen molar-refractivity contribution in [2.75, 3.05) is 0 Å². The van der Waals surface area contributed by atoms with Gasteiger partial charge in [-0.25, -0.2) is 0 Å². The van der Waals surface area contributed by atoms with E-state index in [2.05, 4.69) is 85.8 Å². The molecular weight excluding hydrogens is 299 g/mol. The lowest BCUT2D eigenvalue weighted by Crippen LogP contribution is -2.22. The Kier molecular flexibility index (Phi) is 3.89. The zero-order valence-corrected chi connectivity index (χ0v) is 14.0. The molecule has 1 heterocycles. The van der Waals surface area contributed by atoms with Crippen molar-refractivity contribution in [2.45, 2.75) is 19.4 Å². The van der Waals surface area contributed by atoms with Crippen molar-refractivity contribution in [1.29, 1.82) is 0 Å². The molecular formula is C21H19OP. The second-order valence-electron chi connectivity index (χ2n) is 5.90. The van der Waals surface area contributed by atoms with Crippen LogP contribution < -0.4 is 20.7 Å². The number of hydrogen-bond donors (Lipinski definition) is 0. The van der Waals surface area contributed by atoms with Gasteiger partial charge in [0.15, 0.2) is 0 Å². The monoisotopic (exact) mass is 318 g/mol. The van der Waals surface area contributed by atoms with Crippen molar-refractivity contribution < 1.29 is 4.74 Å².